The largest absolute Gasteiger partial charge is 0.332 e. The Kier molecular flexibility index (Phi) is 6.97. The SMILES string of the molecule is CN(C(=O)C(Cc1cc(F)cc(F)c1)NC(=O)NS(=O)(=O)n1ccc2cccnc21)c1ccc2scnc2c1. The van der Waals surface area contributed by atoms with E-state index in [0.29, 0.717) is 22.7 Å². The second-order valence-electron chi connectivity index (χ2n) is 8.54. The molecule has 3 amide bonds. The molecular weight excluding hydrogens is 550 g/mol. The Morgan fingerprint density at radius 3 is 2.62 bits per heavy atom. The van der Waals surface area contributed by atoms with Crippen molar-refractivity contribution < 1.29 is 26.8 Å². The van der Waals surface area contributed by atoms with E-state index in [0.717, 1.165) is 20.8 Å². The Bertz CT molecular complexity index is 1800. The number of hydrogen-bond acceptors (Lipinski definition) is 7. The summed E-state index contributed by atoms with van der Waals surface area (Å²) in [6.45, 7) is 0. The molecule has 1 unspecified atom stereocenters. The van der Waals surface area contributed by atoms with Crippen LogP contribution in [-0.2, 0) is 21.4 Å². The van der Waals surface area contributed by atoms with Gasteiger partial charge in [-0.25, -0.2) is 32.2 Å². The van der Waals surface area contributed by atoms with Gasteiger partial charge >= 0.3 is 16.2 Å². The minimum Gasteiger partial charge on any atom is -0.325 e. The molecule has 0 spiro atoms. The molecular formula is C25H20F2N6O4S2. The summed E-state index contributed by atoms with van der Waals surface area (Å²) >= 11 is 1.43. The fraction of sp³-hybridized carbons (Fsp3) is 0.120. The lowest BCUT2D eigenvalue weighted by molar-refractivity contribution is -0.120. The maximum atomic E-state index is 13.9. The number of thiazole rings is 1. The van der Waals surface area contributed by atoms with Gasteiger partial charge in [-0.05, 0) is 54.1 Å². The molecule has 2 aromatic carbocycles. The number of carbonyl (C=O) groups is 2. The number of pyridine rings is 1. The molecule has 0 saturated heterocycles. The molecule has 3 aromatic heterocycles. The number of rotatable bonds is 7. The van der Waals surface area contributed by atoms with Crippen molar-refractivity contribution in [2.45, 2.75) is 12.5 Å². The predicted molar refractivity (Wildman–Crippen MR) is 143 cm³/mol. The molecule has 0 aliphatic rings. The summed E-state index contributed by atoms with van der Waals surface area (Å²) in [6, 6.07) is 10.1. The van der Waals surface area contributed by atoms with Crippen molar-refractivity contribution in [3.8, 4) is 0 Å². The third kappa shape index (κ3) is 5.56. The number of benzene rings is 2. The monoisotopic (exact) mass is 570 g/mol. The van der Waals surface area contributed by atoms with E-state index in [4.69, 9.17) is 0 Å². The van der Waals surface area contributed by atoms with Gasteiger partial charge in [-0.15, -0.1) is 11.3 Å². The Morgan fingerprint density at radius 2 is 1.85 bits per heavy atom. The van der Waals surface area contributed by atoms with Gasteiger partial charge in [-0.1, -0.05) is 0 Å². The molecule has 3 heterocycles. The highest BCUT2D eigenvalue weighted by Crippen LogP contribution is 2.24. The standard InChI is InChI=1S/C25H20F2N6O4S2/c1-32(19-4-5-22-20(13-19)29-14-38-22)24(34)21(11-15-9-17(26)12-18(27)10-15)30-25(35)31-39(36,37)33-8-6-16-3-2-7-28-23(16)33/h2-10,12-14,21H,11H2,1H3,(H2,30,31,35). The molecule has 0 bridgehead atoms. The van der Waals surface area contributed by atoms with Gasteiger partial charge in [0.15, 0.2) is 5.65 Å². The van der Waals surface area contributed by atoms with Crippen LogP contribution < -0.4 is 14.9 Å². The molecule has 0 fully saturated rings. The number of aromatic nitrogens is 3. The van der Waals surface area contributed by atoms with E-state index in [1.54, 1.807) is 35.8 Å². The molecule has 0 radical (unpaired) electrons. The van der Waals surface area contributed by atoms with E-state index >= 15 is 0 Å². The van der Waals surface area contributed by atoms with Gasteiger partial charge in [0.05, 0.1) is 15.7 Å². The Hall–Kier alpha value is -4.43. The van der Waals surface area contributed by atoms with E-state index in [1.807, 2.05) is 4.72 Å². The number of halogens is 2. The van der Waals surface area contributed by atoms with Crippen molar-refractivity contribution in [1.29, 1.82) is 0 Å². The van der Waals surface area contributed by atoms with E-state index < -0.39 is 39.8 Å². The molecule has 14 heteroatoms. The third-order valence-electron chi connectivity index (χ3n) is 5.89. The van der Waals surface area contributed by atoms with Crippen LogP contribution in [0.4, 0.5) is 19.3 Å². The maximum absolute atomic E-state index is 13.9. The number of hydrogen-bond donors (Lipinski definition) is 2. The van der Waals surface area contributed by atoms with Crippen LogP contribution in [0.15, 0.2) is 72.5 Å². The van der Waals surface area contributed by atoms with Gasteiger partial charge in [-0.3, -0.25) is 4.79 Å². The van der Waals surface area contributed by atoms with Gasteiger partial charge in [0.25, 0.3) is 0 Å². The summed E-state index contributed by atoms with van der Waals surface area (Å²) in [6.07, 6.45) is 2.31. The lowest BCUT2D eigenvalue weighted by Crippen LogP contribution is -2.53. The molecule has 5 rings (SSSR count). The van der Waals surface area contributed by atoms with Crippen molar-refractivity contribution in [2.24, 2.45) is 0 Å². The number of nitrogens with zero attached hydrogens (tertiary/aromatic N) is 4. The van der Waals surface area contributed by atoms with Crippen LogP contribution in [0.3, 0.4) is 0 Å². The van der Waals surface area contributed by atoms with E-state index in [9.17, 15) is 26.8 Å². The van der Waals surface area contributed by atoms with Crippen LogP contribution in [-0.4, -0.2) is 47.4 Å². The summed E-state index contributed by atoms with van der Waals surface area (Å²) < 4.78 is 57.1. The topological polar surface area (TPSA) is 126 Å². The summed E-state index contributed by atoms with van der Waals surface area (Å²) in [7, 11) is -2.99. The minimum absolute atomic E-state index is 0.0814. The number of nitrogens with one attached hydrogen (secondary N) is 2. The van der Waals surface area contributed by atoms with Gasteiger partial charge < -0.3 is 10.2 Å². The van der Waals surface area contributed by atoms with Gasteiger partial charge in [-0.2, -0.15) is 8.42 Å². The highest BCUT2D eigenvalue weighted by Gasteiger charge is 2.28. The molecule has 200 valence electrons. The summed E-state index contributed by atoms with van der Waals surface area (Å²) in [5, 5.41) is 2.87. The summed E-state index contributed by atoms with van der Waals surface area (Å²) in [5.41, 5.74) is 2.95. The Morgan fingerprint density at radius 1 is 1.08 bits per heavy atom. The predicted octanol–water partition coefficient (Wildman–Crippen LogP) is 3.59. The van der Waals surface area contributed by atoms with Crippen LogP contribution in [0, 0.1) is 11.6 Å². The quantitative estimate of drug-likeness (QED) is 0.308. The van der Waals surface area contributed by atoms with Crippen LogP contribution in [0.25, 0.3) is 21.3 Å². The van der Waals surface area contributed by atoms with Gasteiger partial charge in [0, 0.05) is 43.0 Å². The van der Waals surface area contributed by atoms with Crippen LogP contribution in [0.5, 0.6) is 0 Å². The molecule has 1 atom stereocenters. The molecule has 5 aromatic rings. The molecule has 10 nitrogen and oxygen atoms in total. The average Bonchev–Trinajstić information content (AvgIpc) is 3.53. The highest BCUT2D eigenvalue weighted by molar-refractivity contribution is 7.88. The zero-order valence-electron chi connectivity index (χ0n) is 20.2. The second kappa shape index (κ2) is 10.4. The molecule has 2 N–H and O–H groups in total. The number of amides is 3. The van der Waals surface area contributed by atoms with Crippen molar-refractivity contribution in [2.75, 3.05) is 11.9 Å². The number of urea groups is 1. The normalized spacial score (nSPS) is 12.4. The first-order valence-corrected chi connectivity index (χ1v) is 13.7. The number of fused-ring (bicyclic) bond motifs is 2. The lowest BCUT2D eigenvalue weighted by Gasteiger charge is -2.25. The van der Waals surface area contributed by atoms with Gasteiger partial charge in [0.2, 0.25) is 5.91 Å². The maximum Gasteiger partial charge on any atom is 0.332 e. The molecule has 0 aliphatic heterocycles. The zero-order chi connectivity index (χ0) is 27.7. The van der Waals surface area contributed by atoms with Crippen LogP contribution in [0.2, 0.25) is 0 Å². The molecule has 39 heavy (non-hydrogen) atoms. The van der Waals surface area contributed by atoms with Crippen LogP contribution in [0.1, 0.15) is 5.56 Å². The molecule has 0 aliphatic carbocycles. The second-order valence-corrected chi connectivity index (χ2v) is 11.0. The lowest BCUT2D eigenvalue weighted by atomic mass is 10.0. The van der Waals surface area contributed by atoms with Gasteiger partial charge in [0.1, 0.15) is 17.7 Å². The smallest absolute Gasteiger partial charge is 0.325 e. The number of carbonyl (C=O) groups excluding carboxylic acids is 2. The first-order valence-electron chi connectivity index (χ1n) is 11.4. The van der Waals surface area contributed by atoms with Crippen LogP contribution >= 0.6 is 11.3 Å². The average molecular weight is 571 g/mol. The zero-order valence-corrected chi connectivity index (χ0v) is 21.8. The summed E-state index contributed by atoms with van der Waals surface area (Å²) in [5.74, 6) is -2.38. The fourth-order valence-corrected chi connectivity index (χ4v) is 5.72. The van der Waals surface area contributed by atoms with Crippen molar-refractivity contribution >= 4 is 60.4 Å². The Balaban J connectivity index is 1.41. The number of likely N-dealkylation sites (N-methyl/N-ethyl adjacent to an activating group) is 1. The highest BCUT2D eigenvalue weighted by atomic mass is 32.2. The van der Waals surface area contributed by atoms with Crippen molar-refractivity contribution in [1.82, 2.24) is 24.0 Å². The van der Waals surface area contributed by atoms with Crippen molar-refractivity contribution in [3.63, 3.8) is 0 Å². The fourth-order valence-electron chi connectivity index (χ4n) is 4.07. The van der Waals surface area contributed by atoms with Crippen molar-refractivity contribution in [3.05, 3.63) is 89.7 Å². The van der Waals surface area contributed by atoms with E-state index in [-0.39, 0.29) is 17.6 Å². The molecule has 0 saturated carbocycles. The first-order chi connectivity index (χ1) is 18.6. The summed E-state index contributed by atoms with van der Waals surface area (Å²) in [4.78, 5) is 35.9. The third-order valence-corrected chi connectivity index (χ3v) is 7.96. The number of anilines is 1. The van der Waals surface area contributed by atoms with E-state index in [2.05, 4.69) is 15.3 Å². The Labute approximate surface area is 225 Å². The minimum atomic E-state index is -4.45. The van der Waals surface area contributed by atoms with E-state index in [1.165, 1.54) is 41.7 Å². The first kappa shape index (κ1) is 26.2.